The van der Waals surface area contributed by atoms with Gasteiger partial charge in [-0.2, -0.15) is 13.2 Å². The van der Waals surface area contributed by atoms with Gasteiger partial charge in [0, 0.05) is 10.9 Å². The van der Waals surface area contributed by atoms with Gasteiger partial charge in [0.2, 0.25) is 0 Å². The van der Waals surface area contributed by atoms with Crippen LogP contribution >= 0.6 is 15.9 Å². The van der Waals surface area contributed by atoms with E-state index in [1.165, 1.54) is 24.3 Å². The molecule has 0 aliphatic rings. The van der Waals surface area contributed by atoms with Gasteiger partial charge in [-0.25, -0.2) is 0 Å². The van der Waals surface area contributed by atoms with Gasteiger partial charge in [0.1, 0.15) is 0 Å². The van der Waals surface area contributed by atoms with Crippen molar-refractivity contribution < 1.29 is 18.3 Å². The van der Waals surface area contributed by atoms with E-state index in [1.54, 1.807) is 0 Å². The van der Waals surface area contributed by atoms with Crippen LogP contribution in [-0.4, -0.2) is 17.8 Å². The maximum Gasteiger partial charge on any atom is 0.421 e. The summed E-state index contributed by atoms with van der Waals surface area (Å²) in [6.45, 7) is -0.244. The first-order valence-corrected chi connectivity index (χ1v) is 5.36. The first-order chi connectivity index (χ1) is 7.31. The van der Waals surface area contributed by atoms with Gasteiger partial charge in [0.05, 0.1) is 0 Å². The van der Waals surface area contributed by atoms with E-state index in [0.29, 0.717) is 4.47 Å². The van der Waals surface area contributed by atoms with E-state index in [4.69, 9.17) is 5.73 Å². The van der Waals surface area contributed by atoms with Crippen LogP contribution in [0.25, 0.3) is 0 Å². The number of hydrogen-bond donors (Lipinski definition) is 2. The van der Waals surface area contributed by atoms with Crippen LogP contribution in [0.4, 0.5) is 13.2 Å². The Bertz CT molecular complexity index is 352. The molecule has 1 rings (SSSR count). The predicted octanol–water partition coefficient (Wildman–Crippen LogP) is 2.55. The van der Waals surface area contributed by atoms with E-state index >= 15 is 0 Å². The summed E-state index contributed by atoms with van der Waals surface area (Å²) in [5.74, 6) is 0. The molecule has 0 fully saturated rings. The molecular formula is C10H11BrF3NO. The quantitative estimate of drug-likeness (QED) is 0.901. The van der Waals surface area contributed by atoms with Crippen LogP contribution in [-0.2, 0) is 5.60 Å². The van der Waals surface area contributed by atoms with Gasteiger partial charge in [-0.15, -0.1) is 0 Å². The van der Waals surface area contributed by atoms with Crippen LogP contribution in [0.2, 0.25) is 0 Å². The third-order valence-electron chi connectivity index (χ3n) is 2.30. The van der Waals surface area contributed by atoms with E-state index in [0.717, 1.165) is 0 Å². The van der Waals surface area contributed by atoms with Gasteiger partial charge >= 0.3 is 6.18 Å². The number of nitrogens with two attached hydrogens (primary N) is 1. The normalized spacial score (nSPS) is 15.9. The summed E-state index contributed by atoms with van der Waals surface area (Å²) >= 11 is 3.11. The van der Waals surface area contributed by atoms with Gasteiger partial charge in [0.15, 0.2) is 5.60 Å². The summed E-state index contributed by atoms with van der Waals surface area (Å²) in [4.78, 5) is 0. The van der Waals surface area contributed by atoms with Crippen molar-refractivity contribution in [1.29, 1.82) is 0 Å². The Kier molecular flexibility index (Phi) is 3.98. The fourth-order valence-electron chi connectivity index (χ4n) is 1.38. The number of hydrogen-bond acceptors (Lipinski definition) is 2. The van der Waals surface area contributed by atoms with Crippen LogP contribution in [0.3, 0.4) is 0 Å². The molecule has 16 heavy (non-hydrogen) atoms. The van der Waals surface area contributed by atoms with Crippen molar-refractivity contribution in [2.45, 2.75) is 18.2 Å². The lowest BCUT2D eigenvalue weighted by Crippen LogP contribution is -2.43. The van der Waals surface area contributed by atoms with Crippen molar-refractivity contribution in [2.24, 2.45) is 5.73 Å². The second-order valence-corrected chi connectivity index (χ2v) is 4.32. The van der Waals surface area contributed by atoms with Crippen LogP contribution in [0, 0.1) is 0 Å². The summed E-state index contributed by atoms with van der Waals surface area (Å²) in [5, 5.41) is 9.69. The second-order valence-electron chi connectivity index (χ2n) is 3.40. The smallest absolute Gasteiger partial charge is 0.376 e. The van der Waals surface area contributed by atoms with Crippen molar-refractivity contribution >= 4 is 15.9 Å². The van der Waals surface area contributed by atoms with Gasteiger partial charge < -0.3 is 10.8 Å². The lowest BCUT2D eigenvalue weighted by Gasteiger charge is -2.30. The molecule has 0 saturated carbocycles. The molecule has 0 heterocycles. The molecule has 2 nitrogen and oxygen atoms in total. The minimum atomic E-state index is -4.74. The van der Waals surface area contributed by atoms with Crippen LogP contribution in [0.1, 0.15) is 12.0 Å². The average Bonchev–Trinajstić information content (AvgIpc) is 2.17. The molecule has 0 saturated heterocycles. The first kappa shape index (κ1) is 13.5. The summed E-state index contributed by atoms with van der Waals surface area (Å²) in [7, 11) is 0. The summed E-state index contributed by atoms with van der Waals surface area (Å²) in [6, 6.07) is 5.35. The minimum absolute atomic E-state index is 0.200. The maximum absolute atomic E-state index is 12.8. The Balaban J connectivity index is 3.16. The zero-order chi connectivity index (χ0) is 12.4. The molecule has 1 aromatic rings. The molecule has 90 valence electrons. The van der Waals surface area contributed by atoms with E-state index in [9.17, 15) is 18.3 Å². The summed E-state index contributed by atoms with van der Waals surface area (Å²) in [5.41, 5.74) is 2.04. The molecule has 0 radical (unpaired) electrons. The summed E-state index contributed by atoms with van der Waals surface area (Å²) < 4.78 is 38.9. The number of alkyl halides is 3. The van der Waals surface area contributed by atoms with Crippen molar-refractivity contribution in [3.8, 4) is 0 Å². The molecule has 1 unspecified atom stereocenters. The number of aliphatic hydroxyl groups is 1. The van der Waals surface area contributed by atoms with Crippen molar-refractivity contribution in [2.75, 3.05) is 6.54 Å². The van der Waals surface area contributed by atoms with Crippen LogP contribution in [0.5, 0.6) is 0 Å². The van der Waals surface area contributed by atoms with E-state index in [2.05, 4.69) is 15.9 Å². The molecular weight excluding hydrogens is 287 g/mol. The molecule has 3 N–H and O–H groups in total. The van der Waals surface area contributed by atoms with Crippen molar-refractivity contribution in [1.82, 2.24) is 0 Å². The molecule has 0 aliphatic heterocycles. The molecule has 0 amide bonds. The van der Waals surface area contributed by atoms with Crippen LogP contribution in [0.15, 0.2) is 28.7 Å². The third kappa shape index (κ3) is 2.56. The highest BCUT2D eigenvalue weighted by molar-refractivity contribution is 9.10. The Morgan fingerprint density at radius 2 is 1.69 bits per heavy atom. The second kappa shape index (κ2) is 4.73. The zero-order valence-electron chi connectivity index (χ0n) is 8.26. The average molecular weight is 298 g/mol. The number of rotatable bonds is 3. The zero-order valence-corrected chi connectivity index (χ0v) is 9.85. The van der Waals surface area contributed by atoms with Crippen molar-refractivity contribution in [3.63, 3.8) is 0 Å². The highest BCUT2D eigenvalue weighted by atomic mass is 79.9. The SMILES string of the molecule is NCCC(O)(c1ccc(Br)cc1)C(F)(F)F. The molecule has 1 aromatic carbocycles. The fourth-order valence-corrected chi connectivity index (χ4v) is 1.65. The standard InChI is InChI=1S/C10H11BrF3NO/c11-8-3-1-7(2-4-8)9(16,5-6-15)10(12,13)14/h1-4,16H,5-6,15H2. The van der Waals surface area contributed by atoms with E-state index < -0.39 is 18.2 Å². The molecule has 0 aromatic heterocycles. The largest absolute Gasteiger partial charge is 0.421 e. The van der Waals surface area contributed by atoms with Gasteiger partial charge in [-0.3, -0.25) is 0 Å². The summed E-state index contributed by atoms with van der Waals surface area (Å²) in [6.07, 6.45) is -5.29. The molecule has 0 spiro atoms. The fraction of sp³-hybridized carbons (Fsp3) is 0.400. The molecule has 6 heteroatoms. The van der Waals surface area contributed by atoms with E-state index in [1.807, 2.05) is 0 Å². The molecule has 0 bridgehead atoms. The molecule has 0 aliphatic carbocycles. The van der Waals surface area contributed by atoms with Crippen LogP contribution < -0.4 is 5.73 Å². The highest BCUT2D eigenvalue weighted by Gasteiger charge is 2.54. The Morgan fingerprint density at radius 1 is 1.19 bits per heavy atom. The van der Waals surface area contributed by atoms with Gasteiger partial charge in [0.25, 0.3) is 0 Å². The lowest BCUT2D eigenvalue weighted by molar-refractivity contribution is -0.268. The first-order valence-electron chi connectivity index (χ1n) is 4.56. The van der Waals surface area contributed by atoms with Crippen molar-refractivity contribution in [3.05, 3.63) is 34.3 Å². The highest BCUT2D eigenvalue weighted by Crippen LogP contribution is 2.41. The number of halogens is 4. The maximum atomic E-state index is 12.8. The Morgan fingerprint density at radius 3 is 2.06 bits per heavy atom. The topological polar surface area (TPSA) is 46.2 Å². The Labute approximate surface area is 99.4 Å². The van der Waals surface area contributed by atoms with Gasteiger partial charge in [-0.1, -0.05) is 28.1 Å². The third-order valence-corrected chi connectivity index (χ3v) is 2.83. The predicted molar refractivity (Wildman–Crippen MR) is 57.8 cm³/mol. The lowest BCUT2D eigenvalue weighted by atomic mass is 9.90. The molecule has 1 atom stereocenters. The minimum Gasteiger partial charge on any atom is -0.376 e. The Hall–Kier alpha value is -0.590. The number of benzene rings is 1. The van der Waals surface area contributed by atoms with E-state index in [-0.39, 0.29) is 12.1 Å². The monoisotopic (exact) mass is 297 g/mol. The van der Waals surface area contributed by atoms with Gasteiger partial charge in [-0.05, 0) is 24.2 Å².